The van der Waals surface area contributed by atoms with Gasteiger partial charge in [0.2, 0.25) is 0 Å². The van der Waals surface area contributed by atoms with Gasteiger partial charge in [0, 0.05) is 5.41 Å². The van der Waals surface area contributed by atoms with Crippen molar-refractivity contribution < 1.29 is 20.4 Å². The molecule has 28 heavy (non-hydrogen) atoms. The van der Waals surface area contributed by atoms with E-state index in [-0.39, 0.29) is 0 Å². The molecule has 0 fully saturated rings. The van der Waals surface area contributed by atoms with Gasteiger partial charge in [0.05, 0.1) is 22.4 Å². The summed E-state index contributed by atoms with van der Waals surface area (Å²) in [6, 6.07) is 5.50. The van der Waals surface area contributed by atoms with E-state index >= 15 is 0 Å². The Kier molecular flexibility index (Phi) is 5.55. The van der Waals surface area contributed by atoms with Crippen LogP contribution in [0.5, 0.6) is 0 Å². The summed E-state index contributed by atoms with van der Waals surface area (Å²) in [6.45, 7) is 13.8. The van der Waals surface area contributed by atoms with Gasteiger partial charge in [-0.2, -0.15) is 0 Å². The maximum atomic E-state index is 11.4. The Balaban J connectivity index is 2.95. The van der Waals surface area contributed by atoms with E-state index in [0.29, 0.717) is 23.1 Å². The first kappa shape index (κ1) is 22.8. The van der Waals surface area contributed by atoms with Crippen molar-refractivity contribution in [2.45, 2.75) is 89.6 Å². The fraction of sp³-hybridized carbons (Fsp3) is 0.583. The van der Waals surface area contributed by atoms with Gasteiger partial charge in [-0.3, -0.25) is 0 Å². The van der Waals surface area contributed by atoms with Crippen LogP contribution in [0.4, 0.5) is 0 Å². The first-order valence-electron chi connectivity index (χ1n) is 9.84. The number of allylic oxidation sites excluding steroid dienone is 2. The Hall–Kier alpha value is -1.46. The molecule has 0 saturated heterocycles. The average molecular weight is 389 g/mol. The first-order valence-corrected chi connectivity index (χ1v) is 9.84. The van der Waals surface area contributed by atoms with Gasteiger partial charge in [-0.15, -0.1) is 0 Å². The highest BCUT2D eigenvalue weighted by molar-refractivity contribution is 5.53. The predicted octanol–water partition coefficient (Wildman–Crippen LogP) is 3.81. The number of benzene rings is 1. The molecule has 4 nitrogen and oxygen atoms in total. The van der Waals surface area contributed by atoms with Crippen molar-refractivity contribution >= 4 is 0 Å². The van der Waals surface area contributed by atoms with E-state index < -0.39 is 27.8 Å². The van der Waals surface area contributed by atoms with Crippen LogP contribution in [0.1, 0.15) is 78.5 Å². The molecule has 0 heterocycles. The van der Waals surface area contributed by atoms with E-state index in [1.54, 1.807) is 55.4 Å². The van der Waals surface area contributed by atoms with Gasteiger partial charge in [-0.05, 0) is 84.1 Å². The number of rotatable bonds is 5. The molecule has 0 radical (unpaired) electrons. The first-order chi connectivity index (χ1) is 12.4. The zero-order chi connectivity index (χ0) is 21.8. The second-order valence-corrected chi connectivity index (χ2v) is 10.2. The van der Waals surface area contributed by atoms with Gasteiger partial charge in [0.1, 0.15) is 0 Å². The lowest BCUT2D eigenvalue weighted by molar-refractivity contribution is 0.00150. The summed E-state index contributed by atoms with van der Waals surface area (Å²) in [5.41, 5.74) is -2.81. The van der Waals surface area contributed by atoms with E-state index in [2.05, 4.69) is 0 Å². The minimum Gasteiger partial charge on any atom is -0.389 e. The summed E-state index contributed by atoms with van der Waals surface area (Å²) in [4.78, 5) is 0. The van der Waals surface area contributed by atoms with Crippen molar-refractivity contribution in [3.63, 3.8) is 0 Å². The van der Waals surface area contributed by atoms with Crippen molar-refractivity contribution in [1.82, 2.24) is 0 Å². The molecule has 1 aromatic carbocycles. The summed E-state index contributed by atoms with van der Waals surface area (Å²) in [5.74, 6) is 0. The average Bonchev–Trinajstić information content (AvgIpc) is 2.50. The molecule has 1 atom stereocenters. The number of aliphatic hydroxyl groups is 4. The Morgan fingerprint density at radius 3 is 1.57 bits per heavy atom. The quantitative estimate of drug-likeness (QED) is 0.618. The largest absolute Gasteiger partial charge is 0.389 e. The zero-order valence-corrected chi connectivity index (χ0v) is 18.5. The van der Waals surface area contributed by atoms with Gasteiger partial charge in [0.25, 0.3) is 0 Å². The van der Waals surface area contributed by atoms with Crippen molar-refractivity contribution in [3.8, 4) is 0 Å². The predicted molar refractivity (Wildman–Crippen MR) is 113 cm³/mol. The highest BCUT2D eigenvalue weighted by Crippen LogP contribution is 2.51. The Labute approximate surface area is 169 Å². The monoisotopic (exact) mass is 388 g/mol. The van der Waals surface area contributed by atoms with Gasteiger partial charge >= 0.3 is 0 Å². The van der Waals surface area contributed by atoms with Gasteiger partial charge in [0.15, 0.2) is 0 Å². The van der Waals surface area contributed by atoms with Crippen LogP contribution < -0.4 is 0 Å². The second-order valence-electron chi connectivity index (χ2n) is 10.2. The maximum Gasteiger partial charge on any atom is 0.0843 e. The van der Waals surface area contributed by atoms with Gasteiger partial charge < -0.3 is 20.4 Å². The van der Waals surface area contributed by atoms with E-state index in [4.69, 9.17) is 0 Å². The van der Waals surface area contributed by atoms with E-state index in [9.17, 15) is 20.4 Å². The molecule has 1 unspecified atom stereocenters. The standard InChI is InChI=1S/C24H36O4/c1-20(2,25)16-11-10-14-24(15-16,23(7,8)28)19-17(21(3,4)26)12-9-13-18(19)22(5,6)27/h9-14,25-28H,15H2,1-8H3. The normalized spacial score (nSPS) is 21.6. The molecular weight excluding hydrogens is 352 g/mol. The molecule has 1 aromatic rings. The lowest BCUT2D eigenvalue weighted by Gasteiger charge is -2.49. The molecule has 4 N–H and O–H groups in total. The molecule has 1 aliphatic rings. The van der Waals surface area contributed by atoms with Crippen LogP contribution in [-0.2, 0) is 16.6 Å². The summed E-state index contributed by atoms with van der Waals surface area (Å²) >= 11 is 0. The van der Waals surface area contributed by atoms with E-state index in [1.807, 2.05) is 36.4 Å². The van der Waals surface area contributed by atoms with Crippen molar-refractivity contribution in [2.24, 2.45) is 0 Å². The fourth-order valence-corrected chi connectivity index (χ4v) is 4.12. The SMILES string of the molecule is CC(C)(O)C1=CC=CC(c2c(C(C)(C)O)cccc2C(C)(C)O)(C(C)(C)O)C1. The fourth-order valence-electron chi connectivity index (χ4n) is 4.12. The zero-order valence-electron chi connectivity index (χ0n) is 18.5. The van der Waals surface area contributed by atoms with Crippen molar-refractivity contribution in [3.05, 3.63) is 58.7 Å². The van der Waals surface area contributed by atoms with Gasteiger partial charge in [-0.1, -0.05) is 36.4 Å². The minimum absolute atomic E-state index is 0.368. The van der Waals surface area contributed by atoms with E-state index in [1.165, 1.54) is 0 Å². The highest BCUT2D eigenvalue weighted by atomic mass is 16.3. The van der Waals surface area contributed by atoms with Crippen LogP contribution in [0.2, 0.25) is 0 Å². The molecule has 0 amide bonds. The summed E-state index contributed by atoms with van der Waals surface area (Å²) in [6.07, 6.45) is 6.03. The van der Waals surface area contributed by atoms with Crippen LogP contribution in [0.25, 0.3) is 0 Å². The van der Waals surface area contributed by atoms with Gasteiger partial charge in [-0.25, -0.2) is 0 Å². The lowest BCUT2D eigenvalue weighted by Crippen LogP contribution is -2.51. The molecule has 0 aromatic heterocycles. The van der Waals surface area contributed by atoms with Crippen LogP contribution in [0.15, 0.2) is 42.0 Å². The summed E-state index contributed by atoms with van der Waals surface area (Å²) in [7, 11) is 0. The molecule has 1 aliphatic carbocycles. The van der Waals surface area contributed by atoms with Crippen LogP contribution in [0, 0.1) is 0 Å². The second kappa shape index (κ2) is 6.81. The molecule has 0 spiro atoms. The molecule has 2 rings (SSSR count). The molecule has 156 valence electrons. The smallest absolute Gasteiger partial charge is 0.0843 e. The van der Waals surface area contributed by atoms with Crippen LogP contribution in [0.3, 0.4) is 0 Å². The lowest BCUT2D eigenvalue weighted by atomic mass is 9.58. The Morgan fingerprint density at radius 2 is 1.21 bits per heavy atom. The molecule has 0 aliphatic heterocycles. The molecule has 0 bridgehead atoms. The Morgan fingerprint density at radius 1 is 0.750 bits per heavy atom. The number of hydrogen-bond acceptors (Lipinski definition) is 4. The van der Waals surface area contributed by atoms with Crippen molar-refractivity contribution in [1.29, 1.82) is 0 Å². The Bertz CT molecular complexity index is 758. The third kappa shape index (κ3) is 4.11. The molecular formula is C24H36O4. The van der Waals surface area contributed by atoms with Crippen LogP contribution >= 0.6 is 0 Å². The number of hydrogen-bond donors (Lipinski definition) is 4. The third-order valence-electron chi connectivity index (χ3n) is 5.85. The van der Waals surface area contributed by atoms with E-state index in [0.717, 1.165) is 5.57 Å². The topological polar surface area (TPSA) is 80.9 Å². The minimum atomic E-state index is -1.23. The highest BCUT2D eigenvalue weighted by Gasteiger charge is 2.50. The van der Waals surface area contributed by atoms with Crippen LogP contribution in [-0.4, -0.2) is 31.6 Å². The molecule has 4 heteroatoms. The maximum absolute atomic E-state index is 11.4. The summed E-state index contributed by atoms with van der Waals surface area (Å²) < 4.78 is 0. The third-order valence-corrected chi connectivity index (χ3v) is 5.85. The van der Waals surface area contributed by atoms with Crippen molar-refractivity contribution in [2.75, 3.05) is 0 Å². The summed E-state index contributed by atoms with van der Waals surface area (Å²) in [5, 5.41) is 43.9. The molecule has 0 saturated carbocycles.